The van der Waals surface area contributed by atoms with Crippen molar-refractivity contribution in [2.75, 3.05) is 5.88 Å². The first-order chi connectivity index (χ1) is 7.09. The molecule has 0 aromatic heterocycles. The summed E-state index contributed by atoms with van der Waals surface area (Å²) in [5.74, 6) is 0.529. The van der Waals surface area contributed by atoms with Crippen LogP contribution >= 0.6 is 23.2 Å². The maximum Gasteiger partial charge on any atom is 0.123 e. The molecule has 0 N–H and O–H groups in total. The van der Waals surface area contributed by atoms with Crippen LogP contribution in [0.5, 0.6) is 0 Å². The molecule has 3 fully saturated rings. The zero-order valence-corrected chi connectivity index (χ0v) is 9.71. The van der Waals surface area contributed by atoms with Gasteiger partial charge in [-0.25, -0.2) is 4.39 Å². The maximum atomic E-state index is 13.1. The molecule has 0 atom stereocenters. The van der Waals surface area contributed by atoms with Gasteiger partial charge in [-0.15, -0.1) is 11.6 Å². The molecular formula is C12H11Cl2F. The predicted molar refractivity (Wildman–Crippen MR) is 60.1 cm³/mol. The van der Waals surface area contributed by atoms with Crippen molar-refractivity contribution in [1.82, 2.24) is 0 Å². The fourth-order valence-corrected chi connectivity index (χ4v) is 3.93. The lowest BCUT2D eigenvalue weighted by molar-refractivity contribution is -0.122. The van der Waals surface area contributed by atoms with Crippen LogP contribution in [0.2, 0.25) is 5.02 Å². The largest absolute Gasteiger partial charge is 0.207 e. The summed E-state index contributed by atoms with van der Waals surface area (Å²) in [7, 11) is 0. The van der Waals surface area contributed by atoms with Gasteiger partial charge in [0.05, 0.1) is 0 Å². The molecule has 0 radical (unpaired) electrons. The molecule has 3 heteroatoms. The van der Waals surface area contributed by atoms with Crippen molar-refractivity contribution in [3.8, 4) is 0 Å². The number of hydrogen-bond acceptors (Lipinski definition) is 0. The molecule has 0 amide bonds. The highest BCUT2D eigenvalue weighted by molar-refractivity contribution is 6.31. The van der Waals surface area contributed by atoms with Crippen molar-refractivity contribution >= 4 is 23.2 Å². The summed E-state index contributed by atoms with van der Waals surface area (Å²) in [4.78, 5) is 0. The summed E-state index contributed by atoms with van der Waals surface area (Å²) in [5.41, 5.74) is 1.47. The SMILES string of the molecule is Fc1ccc(Cl)c(C23CC(CCl)(C2)C3)c1. The highest BCUT2D eigenvalue weighted by Crippen LogP contribution is 2.74. The molecule has 3 saturated carbocycles. The molecule has 4 rings (SSSR count). The minimum absolute atomic E-state index is 0.147. The van der Waals surface area contributed by atoms with Crippen LogP contribution in [-0.2, 0) is 5.41 Å². The third-order valence-corrected chi connectivity index (χ3v) is 4.82. The fraction of sp³-hybridized carbons (Fsp3) is 0.500. The third kappa shape index (κ3) is 1.20. The van der Waals surface area contributed by atoms with Crippen LogP contribution in [0.4, 0.5) is 4.39 Å². The average Bonchev–Trinajstić information content (AvgIpc) is 2.07. The van der Waals surface area contributed by atoms with Crippen LogP contribution in [-0.4, -0.2) is 5.88 Å². The first-order valence-corrected chi connectivity index (χ1v) is 6.02. The molecule has 2 bridgehead atoms. The van der Waals surface area contributed by atoms with Gasteiger partial charge in [-0.2, -0.15) is 0 Å². The molecule has 3 aliphatic rings. The van der Waals surface area contributed by atoms with Crippen molar-refractivity contribution in [2.45, 2.75) is 24.7 Å². The second-order valence-electron chi connectivity index (χ2n) is 5.07. The van der Waals surface area contributed by atoms with Crippen molar-refractivity contribution in [1.29, 1.82) is 0 Å². The number of benzene rings is 1. The van der Waals surface area contributed by atoms with E-state index >= 15 is 0 Å². The monoisotopic (exact) mass is 244 g/mol. The van der Waals surface area contributed by atoms with E-state index in [0.29, 0.717) is 10.4 Å². The lowest BCUT2D eigenvalue weighted by atomic mass is 9.34. The van der Waals surface area contributed by atoms with Crippen LogP contribution in [0.15, 0.2) is 18.2 Å². The Morgan fingerprint density at radius 2 is 1.93 bits per heavy atom. The molecule has 0 nitrogen and oxygen atoms in total. The molecule has 3 aliphatic carbocycles. The van der Waals surface area contributed by atoms with Gasteiger partial charge in [0.15, 0.2) is 0 Å². The van der Waals surface area contributed by atoms with Gasteiger partial charge in [-0.3, -0.25) is 0 Å². The Morgan fingerprint density at radius 1 is 1.27 bits per heavy atom. The minimum atomic E-state index is -0.195. The van der Waals surface area contributed by atoms with Crippen LogP contribution < -0.4 is 0 Å². The number of rotatable bonds is 2. The topological polar surface area (TPSA) is 0 Å². The number of hydrogen-bond donors (Lipinski definition) is 0. The van der Waals surface area contributed by atoms with Crippen molar-refractivity contribution in [2.24, 2.45) is 5.41 Å². The van der Waals surface area contributed by atoms with Gasteiger partial charge < -0.3 is 0 Å². The quantitative estimate of drug-likeness (QED) is 0.687. The lowest BCUT2D eigenvalue weighted by Gasteiger charge is -2.71. The van der Waals surface area contributed by atoms with E-state index in [2.05, 4.69) is 0 Å². The van der Waals surface area contributed by atoms with E-state index < -0.39 is 0 Å². The minimum Gasteiger partial charge on any atom is -0.207 e. The molecule has 1 aromatic rings. The van der Waals surface area contributed by atoms with Gasteiger partial charge >= 0.3 is 0 Å². The Balaban J connectivity index is 1.93. The van der Waals surface area contributed by atoms with Crippen molar-refractivity contribution in [3.63, 3.8) is 0 Å². The smallest absolute Gasteiger partial charge is 0.123 e. The standard InChI is InChI=1S/C12H11Cl2F/c13-7-11-4-12(5-11,6-11)9-3-8(15)1-2-10(9)14/h1-3H,4-7H2. The summed E-state index contributed by atoms with van der Waals surface area (Å²) < 4.78 is 13.1. The second-order valence-corrected chi connectivity index (χ2v) is 5.74. The highest BCUT2D eigenvalue weighted by Gasteiger charge is 2.68. The van der Waals surface area contributed by atoms with Crippen LogP contribution in [0.3, 0.4) is 0 Å². The first-order valence-electron chi connectivity index (χ1n) is 5.11. The van der Waals surface area contributed by atoms with E-state index in [1.165, 1.54) is 6.07 Å². The Hall–Kier alpha value is -0.270. The Bertz CT molecular complexity index is 408. The Kier molecular flexibility index (Phi) is 1.91. The third-order valence-electron chi connectivity index (χ3n) is 3.92. The van der Waals surface area contributed by atoms with E-state index in [9.17, 15) is 4.39 Å². The first kappa shape index (κ1) is 9.92. The van der Waals surface area contributed by atoms with Gasteiger partial charge in [-0.1, -0.05) is 11.6 Å². The summed E-state index contributed by atoms with van der Waals surface area (Å²) in [6.07, 6.45) is 3.23. The molecular weight excluding hydrogens is 234 g/mol. The molecule has 0 spiro atoms. The highest BCUT2D eigenvalue weighted by atomic mass is 35.5. The van der Waals surface area contributed by atoms with E-state index in [1.54, 1.807) is 12.1 Å². The molecule has 0 heterocycles. The fourth-order valence-electron chi connectivity index (χ4n) is 3.33. The summed E-state index contributed by atoms with van der Waals surface area (Å²) in [6, 6.07) is 4.65. The molecule has 0 aliphatic heterocycles. The second kappa shape index (κ2) is 2.89. The summed E-state index contributed by atoms with van der Waals surface area (Å²) >= 11 is 12.0. The van der Waals surface area contributed by atoms with E-state index in [-0.39, 0.29) is 11.2 Å². The Labute approximate surface area is 98.4 Å². The van der Waals surface area contributed by atoms with Crippen LogP contribution in [0.25, 0.3) is 0 Å². The van der Waals surface area contributed by atoms with Crippen LogP contribution in [0.1, 0.15) is 24.8 Å². The van der Waals surface area contributed by atoms with E-state index in [1.807, 2.05) is 0 Å². The van der Waals surface area contributed by atoms with E-state index in [0.717, 1.165) is 30.7 Å². The van der Waals surface area contributed by atoms with Crippen LogP contribution in [0, 0.1) is 11.2 Å². The Morgan fingerprint density at radius 3 is 2.53 bits per heavy atom. The molecule has 80 valence electrons. The average molecular weight is 245 g/mol. The van der Waals surface area contributed by atoms with Gasteiger partial charge in [0.1, 0.15) is 5.82 Å². The zero-order valence-electron chi connectivity index (χ0n) is 8.19. The van der Waals surface area contributed by atoms with Gasteiger partial charge in [0, 0.05) is 10.9 Å². The molecule has 15 heavy (non-hydrogen) atoms. The van der Waals surface area contributed by atoms with Gasteiger partial charge in [0.25, 0.3) is 0 Å². The molecule has 1 aromatic carbocycles. The molecule has 0 unspecified atom stereocenters. The van der Waals surface area contributed by atoms with Gasteiger partial charge in [-0.05, 0) is 53.9 Å². The van der Waals surface area contributed by atoms with Crippen molar-refractivity contribution < 1.29 is 4.39 Å². The summed E-state index contributed by atoms with van der Waals surface area (Å²) in [6.45, 7) is 0. The zero-order chi connectivity index (χ0) is 10.7. The maximum absolute atomic E-state index is 13.1. The number of alkyl halides is 1. The van der Waals surface area contributed by atoms with Gasteiger partial charge in [0.2, 0.25) is 0 Å². The van der Waals surface area contributed by atoms with E-state index in [4.69, 9.17) is 23.2 Å². The normalized spacial score (nSPS) is 37.0. The number of halogens is 3. The van der Waals surface area contributed by atoms with Crippen molar-refractivity contribution in [3.05, 3.63) is 34.6 Å². The summed E-state index contributed by atoms with van der Waals surface area (Å²) in [5, 5.41) is 0.694. The lowest BCUT2D eigenvalue weighted by Crippen LogP contribution is -2.65. The predicted octanol–water partition coefficient (Wildman–Crippen LogP) is 4.14. The molecule has 0 saturated heterocycles.